The summed E-state index contributed by atoms with van der Waals surface area (Å²) >= 11 is 2.20. The first kappa shape index (κ1) is 34.4. The standard InChI is InChI=1S/C31H48F3IO7/c1-3-4-16-31(33,34)24(42-27-13-6-8-18-39-27)15-14-20-22(40-26-12-5-7-17-38-26)19-23-28(20)29(32)30(41-23)21(35)10-9-11-25(36)37-2/h14-15,20-24,26-30H,3-13,16-19H2,1-2H3/t20-,21?,22+,23+,24+,26?,27?,28+,29-,30-/m0/s1. The number of rotatable bonds is 15. The predicted octanol–water partition coefficient (Wildman–Crippen LogP) is 7.08. The number of hydrogen-bond donors (Lipinski definition) is 0. The molecule has 3 unspecified atom stereocenters. The average molecular weight is 717 g/mol. The highest BCUT2D eigenvalue weighted by Crippen LogP contribution is 2.49. The van der Waals surface area contributed by atoms with Crippen LogP contribution < -0.4 is 0 Å². The monoisotopic (exact) mass is 716 g/mol. The Morgan fingerprint density at radius 1 is 1.10 bits per heavy atom. The highest BCUT2D eigenvalue weighted by atomic mass is 127. The third-order valence-electron chi connectivity index (χ3n) is 8.91. The van der Waals surface area contributed by atoms with E-state index in [-0.39, 0.29) is 22.7 Å². The zero-order chi connectivity index (χ0) is 30.1. The summed E-state index contributed by atoms with van der Waals surface area (Å²) in [5.74, 6) is -4.39. The first-order valence-electron chi connectivity index (χ1n) is 15.8. The number of alkyl halides is 4. The normalized spacial score (nSPS) is 35.3. The molecule has 0 aromatic heterocycles. The van der Waals surface area contributed by atoms with Crippen LogP contribution in [0, 0.1) is 11.8 Å². The average Bonchev–Trinajstić information content (AvgIpc) is 3.50. The lowest BCUT2D eigenvalue weighted by Crippen LogP contribution is -2.40. The molecule has 4 aliphatic rings. The van der Waals surface area contributed by atoms with E-state index in [1.807, 2.05) is 6.92 Å². The van der Waals surface area contributed by atoms with Crippen molar-refractivity contribution in [3.05, 3.63) is 12.2 Å². The van der Waals surface area contributed by atoms with E-state index in [0.717, 1.165) is 32.1 Å². The number of carbonyl (C=O) groups excluding carboxylic acids is 1. The van der Waals surface area contributed by atoms with Crippen molar-refractivity contribution in [2.75, 3.05) is 20.3 Å². The molecule has 3 saturated heterocycles. The fourth-order valence-electron chi connectivity index (χ4n) is 6.55. The van der Waals surface area contributed by atoms with Crippen LogP contribution >= 0.6 is 22.6 Å². The van der Waals surface area contributed by atoms with E-state index in [1.54, 1.807) is 6.08 Å². The molecule has 0 aromatic rings. The molecule has 4 fully saturated rings. The number of hydrogen-bond acceptors (Lipinski definition) is 7. The van der Waals surface area contributed by atoms with Crippen LogP contribution in [0.15, 0.2) is 12.2 Å². The molecule has 10 atom stereocenters. The summed E-state index contributed by atoms with van der Waals surface area (Å²) < 4.78 is 81.7. The van der Waals surface area contributed by atoms with Crippen LogP contribution in [-0.4, -0.2) is 79.3 Å². The lowest BCUT2D eigenvalue weighted by molar-refractivity contribution is -0.227. The fourth-order valence-corrected chi connectivity index (χ4v) is 7.56. The number of ether oxygens (including phenoxy) is 6. The number of halogens is 4. The summed E-state index contributed by atoms with van der Waals surface area (Å²) in [5, 5.41) is 0. The van der Waals surface area contributed by atoms with Gasteiger partial charge in [0.15, 0.2) is 12.6 Å². The number of fused-ring (bicyclic) bond motifs is 1. The van der Waals surface area contributed by atoms with E-state index in [4.69, 9.17) is 28.4 Å². The lowest BCUT2D eigenvalue weighted by atomic mass is 9.87. The van der Waals surface area contributed by atoms with Crippen LogP contribution in [0.2, 0.25) is 0 Å². The zero-order valence-electron chi connectivity index (χ0n) is 24.9. The van der Waals surface area contributed by atoms with Crippen molar-refractivity contribution < 1.29 is 46.4 Å². The van der Waals surface area contributed by atoms with E-state index in [9.17, 15) is 4.79 Å². The van der Waals surface area contributed by atoms with Gasteiger partial charge in [0.05, 0.1) is 19.3 Å². The Bertz CT molecular complexity index is 852. The van der Waals surface area contributed by atoms with Gasteiger partial charge in [-0.15, -0.1) is 0 Å². The van der Waals surface area contributed by atoms with E-state index in [2.05, 4.69) is 22.6 Å². The van der Waals surface area contributed by atoms with E-state index in [1.165, 1.54) is 13.2 Å². The van der Waals surface area contributed by atoms with E-state index < -0.39 is 60.9 Å². The summed E-state index contributed by atoms with van der Waals surface area (Å²) in [5.41, 5.74) is 0. The topological polar surface area (TPSA) is 72.5 Å². The molecule has 1 saturated carbocycles. The van der Waals surface area contributed by atoms with Gasteiger partial charge in [0.25, 0.3) is 5.92 Å². The second-order valence-corrected chi connectivity index (χ2v) is 13.6. The molecular formula is C31H48F3IO7. The highest BCUT2D eigenvalue weighted by molar-refractivity contribution is 14.1. The van der Waals surface area contributed by atoms with Crippen LogP contribution in [0.25, 0.3) is 0 Å². The van der Waals surface area contributed by atoms with Crippen molar-refractivity contribution in [3.63, 3.8) is 0 Å². The second-order valence-electron chi connectivity index (χ2n) is 12.0. The molecule has 42 heavy (non-hydrogen) atoms. The highest BCUT2D eigenvalue weighted by Gasteiger charge is 2.57. The molecule has 0 amide bonds. The molecule has 11 heteroatoms. The molecular weight excluding hydrogens is 668 g/mol. The van der Waals surface area contributed by atoms with Gasteiger partial charge in [-0.25, -0.2) is 13.2 Å². The maximum absolute atomic E-state index is 16.2. The molecule has 7 nitrogen and oxygen atoms in total. The molecule has 0 bridgehead atoms. The SMILES string of the molecule is CCCCC(F)(F)[C@@H](C=C[C@@H]1[C@H]2[C@H](F)[C@H](C(I)CCCC(=O)OC)O[C@@H]2C[C@H]1OC1CCCCO1)OC1CCCCO1. The van der Waals surface area contributed by atoms with Crippen molar-refractivity contribution in [1.82, 2.24) is 0 Å². The van der Waals surface area contributed by atoms with E-state index in [0.29, 0.717) is 51.7 Å². The van der Waals surface area contributed by atoms with Gasteiger partial charge in [-0.05, 0) is 57.8 Å². The quantitative estimate of drug-likeness (QED) is 0.0777. The number of methoxy groups -OCH3 is 1. The summed E-state index contributed by atoms with van der Waals surface area (Å²) in [6.07, 6.45) is 5.49. The third kappa shape index (κ3) is 9.28. The van der Waals surface area contributed by atoms with Crippen LogP contribution in [0.3, 0.4) is 0 Å². The van der Waals surface area contributed by atoms with Crippen molar-refractivity contribution in [2.45, 2.75) is 143 Å². The fraction of sp³-hybridized carbons (Fsp3) is 0.903. The minimum Gasteiger partial charge on any atom is -0.469 e. The minimum absolute atomic E-state index is 0.142. The Kier molecular flexibility index (Phi) is 13.7. The smallest absolute Gasteiger partial charge is 0.305 e. The Morgan fingerprint density at radius 2 is 1.81 bits per heavy atom. The molecule has 3 heterocycles. The summed E-state index contributed by atoms with van der Waals surface area (Å²) in [7, 11) is 1.35. The molecule has 0 N–H and O–H groups in total. The molecule has 1 aliphatic carbocycles. The molecule has 3 aliphatic heterocycles. The number of esters is 1. The molecule has 0 radical (unpaired) electrons. The van der Waals surface area contributed by atoms with Crippen molar-refractivity contribution in [2.24, 2.45) is 11.8 Å². The van der Waals surface area contributed by atoms with E-state index >= 15 is 13.2 Å². The first-order valence-corrected chi connectivity index (χ1v) is 17.1. The Morgan fingerprint density at radius 3 is 2.45 bits per heavy atom. The molecule has 0 spiro atoms. The largest absolute Gasteiger partial charge is 0.469 e. The van der Waals surface area contributed by atoms with Gasteiger partial charge in [0, 0.05) is 48.2 Å². The number of unbranched alkanes of at least 4 members (excludes halogenated alkanes) is 1. The molecule has 0 aromatic carbocycles. The summed E-state index contributed by atoms with van der Waals surface area (Å²) in [6, 6.07) is 0. The Labute approximate surface area is 262 Å². The van der Waals surface area contributed by atoms with Crippen molar-refractivity contribution in [1.29, 1.82) is 0 Å². The van der Waals surface area contributed by atoms with Crippen LogP contribution in [-0.2, 0) is 33.2 Å². The lowest BCUT2D eigenvalue weighted by Gasteiger charge is -2.32. The van der Waals surface area contributed by atoms with Gasteiger partial charge in [-0.3, -0.25) is 4.79 Å². The number of carbonyl (C=O) groups is 1. The van der Waals surface area contributed by atoms with Crippen LogP contribution in [0.5, 0.6) is 0 Å². The van der Waals surface area contributed by atoms with Gasteiger partial charge >= 0.3 is 5.97 Å². The predicted molar refractivity (Wildman–Crippen MR) is 159 cm³/mol. The van der Waals surface area contributed by atoms with Gasteiger partial charge in [-0.2, -0.15) is 0 Å². The molecule has 4 rings (SSSR count). The second kappa shape index (κ2) is 16.7. The summed E-state index contributed by atoms with van der Waals surface area (Å²) in [4.78, 5) is 11.5. The van der Waals surface area contributed by atoms with Crippen molar-refractivity contribution in [3.8, 4) is 0 Å². The Hall–Kier alpha value is -0.470. The van der Waals surface area contributed by atoms with Crippen molar-refractivity contribution >= 4 is 28.6 Å². The minimum atomic E-state index is -3.09. The maximum Gasteiger partial charge on any atom is 0.305 e. The summed E-state index contributed by atoms with van der Waals surface area (Å²) in [6.45, 7) is 2.98. The zero-order valence-corrected chi connectivity index (χ0v) is 27.1. The first-order chi connectivity index (χ1) is 20.2. The van der Waals surface area contributed by atoms with Crippen LogP contribution in [0.1, 0.15) is 90.4 Å². The molecule has 242 valence electrons. The Balaban J connectivity index is 1.51. The van der Waals surface area contributed by atoms with Gasteiger partial charge in [-0.1, -0.05) is 48.1 Å². The third-order valence-corrected chi connectivity index (χ3v) is 10.2. The van der Waals surface area contributed by atoms with Crippen LogP contribution in [0.4, 0.5) is 13.2 Å². The maximum atomic E-state index is 16.2. The van der Waals surface area contributed by atoms with Gasteiger partial charge < -0.3 is 28.4 Å². The van der Waals surface area contributed by atoms with Gasteiger partial charge in [0.2, 0.25) is 0 Å². The van der Waals surface area contributed by atoms with Gasteiger partial charge in [0.1, 0.15) is 18.4 Å².